The van der Waals surface area contributed by atoms with Gasteiger partial charge in [-0.2, -0.15) is 13.2 Å². The second-order valence-corrected chi connectivity index (χ2v) is 3.27. The van der Waals surface area contributed by atoms with Crippen molar-refractivity contribution in [2.24, 2.45) is 0 Å². The molecule has 0 aliphatic rings. The van der Waals surface area contributed by atoms with Crippen LogP contribution in [-0.4, -0.2) is 17.8 Å². The van der Waals surface area contributed by atoms with Gasteiger partial charge in [-0.05, 0) is 0 Å². The number of nitrogen functional groups attached to an aromatic ring is 1. The molecule has 7 heteroatoms. The third-order valence-corrected chi connectivity index (χ3v) is 1.85. The lowest BCUT2D eigenvalue weighted by Crippen LogP contribution is -2.12. The smallest absolute Gasteiger partial charge is 0.392 e. The highest BCUT2D eigenvalue weighted by Gasteiger charge is 2.26. The zero-order valence-corrected chi connectivity index (χ0v) is 7.28. The molecule has 0 saturated heterocycles. The van der Waals surface area contributed by atoms with Crippen LogP contribution >= 0.6 is 11.3 Å². The summed E-state index contributed by atoms with van der Waals surface area (Å²) in [5.41, 5.74) is 5.29. The third-order valence-electron chi connectivity index (χ3n) is 1.11. The monoisotopic (exact) mass is 212 g/mol. The van der Waals surface area contributed by atoms with Crippen LogP contribution in [0.2, 0.25) is 0 Å². The van der Waals surface area contributed by atoms with Crippen molar-refractivity contribution in [2.75, 3.05) is 12.3 Å². The average Bonchev–Trinajstić information content (AvgIpc) is 2.33. The Bertz CT molecular complexity index is 273. The number of ether oxygens (including phenoxy) is 1. The number of nitrogens with zero attached hydrogens (tertiary/aromatic N) is 1. The Morgan fingerprint density at radius 1 is 1.54 bits per heavy atom. The summed E-state index contributed by atoms with van der Waals surface area (Å²) in [6, 6.07) is 0. The Morgan fingerprint density at radius 3 is 2.69 bits per heavy atom. The summed E-state index contributed by atoms with van der Waals surface area (Å²) in [5.74, 6) is 0. The molecule has 1 rings (SSSR count). The van der Waals surface area contributed by atoms with Crippen LogP contribution in [0.1, 0.15) is 6.42 Å². The number of anilines is 1. The van der Waals surface area contributed by atoms with Gasteiger partial charge in [-0.25, -0.2) is 4.98 Å². The number of rotatable bonds is 3. The minimum absolute atomic E-state index is 0.168. The van der Waals surface area contributed by atoms with Gasteiger partial charge in [0.25, 0.3) is 5.19 Å². The van der Waals surface area contributed by atoms with E-state index in [1.807, 2.05) is 0 Å². The zero-order valence-electron chi connectivity index (χ0n) is 6.47. The summed E-state index contributed by atoms with van der Waals surface area (Å²) in [4.78, 5) is 3.64. The lowest BCUT2D eigenvalue weighted by molar-refractivity contribution is -0.139. The van der Waals surface area contributed by atoms with Crippen LogP contribution < -0.4 is 10.5 Å². The number of nitrogens with two attached hydrogens (primary N) is 1. The second kappa shape index (κ2) is 3.82. The molecular weight excluding hydrogens is 205 g/mol. The predicted molar refractivity (Wildman–Crippen MR) is 42.7 cm³/mol. The first-order chi connectivity index (χ1) is 5.97. The van der Waals surface area contributed by atoms with Crippen molar-refractivity contribution in [1.29, 1.82) is 0 Å². The summed E-state index contributed by atoms with van der Waals surface area (Å²) >= 11 is 1.02. The molecule has 1 aromatic rings. The van der Waals surface area contributed by atoms with Gasteiger partial charge in [0.2, 0.25) is 0 Å². The molecule has 0 spiro atoms. The molecule has 0 aliphatic heterocycles. The minimum atomic E-state index is -4.19. The highest BCUT2D eigenvalue weighted by molar-refractivity contribution is 7.17. The van der Waals surface area contributed by atoms with Gasteiger partial charge in [0.05, 0.1) is 19.2 Å². The molecule has 0 radical (unpaired) electrons. The highest BCUT2D eigenvalue weighted by Crippen LogP contribution is 2.24. The van der Waals surface area contributed by atoms with Gasteiger partial charge in [-0.1, -0.05) is 11.3 Å². The molecule has 3 nitrogen and oxygen atoms in total. The first-order valence-electron chi connectivity index (χ1n) is 3.38. The summed E-state index contributed by atoms with van der Waals surface area (Å²) in [6.45, 7) is -0.420. The molecule has 0 unspecified atom stereocenters. The fourth-order valence-electron chi connectivity index (χ4n) is 0.591. The molecule has 2 N–H and O–H groups in total. The van der Waals surface area contributed by atoms with E-state index in [4.69, 9.17) is 10.5 Å². The van der Waals surface area contributed by atoms with E-state index in [0.717, 1.165) is 11.3 Å². The number of hydrogen-bond acceptors (Lipinski definition) is 4. The van der Waals surface area contributed by atoms with Gasteiger partial charge in [-0.15, -0.1) is 0 Å². The van der Waals surface area contributed by atoms with Crippen LogP contribution in [0.15, 0.2) is 6.20 Å². The topological polar surface area (TPSA) is 48.1 Å². The predicted octanol–water partition coefficient (Wildman–Crippen LogP) is 2.06. The number of aromatic nitrogens is 1. The van der Waals surface area contributed by atoms with E-state index in [-0.39, 0.29) is 5.19 Å². The maximum atomic E-state index is 11.6. The fraction of sp³-hybridized carbons (Fsp3) is 0.500. The van der Waals surface area contributed by atoms with E-state index in [0.29, 0.717) is 5.00 Å². The maximum absolute atomic E-state index is 11.6. The summed E-state index contributed by atoms with van der Waals surface area (Å²) in [5, 5.41) is 0.587. The van der Waals surface area contributed by atoms with Crippen molar-refractivity contribution in [3.8, 4) is 5.19 Å². The average molecular weight is 212 g/mol. The largest absolute Gasteiger partial charge is 0.470 e. The van der Waals surface area contributed by atoms with Gasteiger partial charge < -0.3 is 10.5 Å². The van der Waals surface area contributed by atoms with Gasteiger partial charge >= 0.3 is 6.18 Å². The molecule has 0 bridgehead atoms. The van der Waals surface area contributed by atoms with E-state index in [1.165, 1.54) is 6.20 Å². The van der Waals surface area contributed by atoms with E-state index in [1.54, 1.807) is 0 Å². The number of thiazole rings is 1. The quantitative estimate of drug-likeness (QED) is 0.834. The Labute approximate surface area is 76.3 Å². The van der Waals surface area contributed by atoms with Gasteiger partial charge in [0.1, 0.15) is 5.00 Å². The Hall–Kier alpha value is -0.980. The summed E-state index contributed by atoms with van der Waals surface area (Å²) in [6.07, 6.45) is -3.83. The molecule has 0 aromatic carbocycles. The lowest BCUT2D eigenvalue weighted by Gasteiger charge is -2.05. The summed E-state index contributed by atoms with van der Waals surface area (Å²) in [7, 11) is 0. The highest BCUT2D eigenvalue weighted by atomic mass is 32.1. The van der Waals surface area contributed by atoms with Gasteiger partial charge in [0.15, 0.2) is 0 Å². The van der Waals surface area contributed by atoms with Crippen molar-refractivity contribution in [2.45, 2.75) is 12.6 Å². The van der Waals surface area contributed by atoms with Crippen LogP contribution in [0.25, 0.3) is 0 Å². The summed E-state index contributed by atoms with van der Waals surface area (Å²) < 4.78 is 39.6. The normalized spacial score (nSPS) is 11.6. The van der Waals surface area contributed by atoms with Crippen molar-refractivity contribution < 1.29 is 17.9 Å². The molecule has 0 atom stereocenters. The van der Waals surface area contributed by atoms with Crippen LogP contribution in [0, 0.1) is 0 Å². The van der Waals surface area contributed by atoms with Crippen LogP contribution in [-0.2, 0) is 0 Å². The van der Waals surface area contributed by atoms with Crippen molar-refractivity contribution >= 4 is 16.3 Å². The Kier molecular flexibility index (Phi) is 2.97. The molecule has 1 aromatic heterocycles. The molecule has 0 fully saturated rings. The Balaban J connectivity index is 2.28. The molecule has 74 valence electrons. The van der Waals surface area contributed by atoms with Crippen molar-refractivity contribution in [3.63, 3.8) is 0 Å². The first kappa shape index (κ1) is 10.1. The first-order valence-corrected chi connectivity index (χ1v) is 4.20. The molecule has 0 saturated carbocycles. The van der Waals surface area contributed by atoms with E-state index in [9.17, 15) is 13.2 Å². The number of halogens is 3. The number of alkyl halides is 3. The Morgan fingerprint density at radius 2 is 2.23 bits per heavy atom. The van der Waals surface area contributed by atoms with E-state index < -0.39 is 19.2 Å². The number of hydrogen-bond donors (Lipinski definition) is 1. The van der Waals surface area contributed by atoms with Crippen LogP contribution in [0.4, 0.5) is 18.2 Å². The second-order valence-electron chi connectivity index (χ2n) is 2.24. The molecule has 13 heavy (non-hydrogen) atoms. The third kappa shape index (κ3) is 3.97. The fourth-order valence-corrected chi connectivity index (χ4v) is 1.15. The van der Waals surface area contributed by atoms with Gasteiger partial charge in [0, 0.05) is 0 Å². The van der Waals surface area contributed by atoms with Crippen LogP contribution in [0.5, 0.6) is 5.19 Å². The van der Waals surface area contributed by atoms with Crippen LogP contribution in [0.3, 0.4) is 0 Å². The minimum Gasteiger partial charge on any atom is -0.470 e. The van der Waals surface area contributed by atoms with Gasteiger partial charge in [-0.3, -0.25) is 0 Å². The molecule has 1 heterocycles. The lowest BCUT2D eigenvalue weighted by atomic mass is 10.4. The molecule has 0 aliphatic carbocycles. The molecule has 0 amide bonds. The molecular formula is C6H7F3N2OS. The zero-order chi connectivity index (χ0) is 9.90. The SMILES string of the molecule is Nc1cnc(OCCC(F)(F)F)s1. The van der Waals surface area contributed by atoms with E-state index in [2.05, 4.69) is 4.98 Å². The standard InChI is InChI=1S/C6H7F3N2OS/c7-6(8,9)1-2-12-5-11-3-4(10)13-5/h3H,1-2,10H2. The van der Waals surface area contributed by atoms with Crippen molar-refractivity contribution in [1.82, 2.24) is 4.98 Å². The van der Waals surface area contributed by atoms with E-state index >= 15 is 0 Å². The van der Waals surface area contributed by atoms with Crippen molar-refractivity contribution in [3.05, 3.63) is 6.20 Å². The maximum Gasteiger partial charge on any atom is 0.392 e.